The van der Waals surface area contributed by atoms with E-state index in [4.69, 9.17) is 9.47 Å². The topological polar surface area (TPSA) is 81.5 Å². The molecule has 1 N–H and O–H groups in total. The lowest BCUT2D eigenvalue weighted by molar-refractivity contribution is 0.0689. The average Bonchev–Trinajstić information content (AvgIpc) is 2.87. The lowest BCUT2D eigenvalue weighted by atomic mass is 10.2. The van der Waals surface area contributed by atoms with Crippen molar-refractivity contribution in [2.24, 2.45) is 0 Å². The first-order chi connectivity index (χ1) is 16.2. The highest BCUT2D eigenvalue weighted by atomic mass is 32.2. The van der Waals surface area contributed by atoms with Crippen LogP contribution in [0, 0.1) is 0 Å². The molecule has 0 aliphatic heterocycles. The zero-order valence-electron chi connectivity index (χ0n) is 17.8. The van der Waals surface area contributed by atoms with Crippen LogP contribution in [0.15, 0.2) is 96.2 Å². The van der Waals surface area contributed by atoms with E-state index < -0.39 is 5.97 Å². The van der Waals surface area contributed by atoms with Crippen LogP contribution in [0.1, 0.15) is 27.3 Å². The van der Waals surface area contributed by atoms with Crippen LogP contribution in [0.2, 0.25) is 0 Å². The van der Waals surface area contributed by atoms with Crippen molar-refractivity contribution < 1.29 is 19.4 Å². The molecule has 2 heterocycles. The molecule has 0 saturated carbocycles. The van der Waals surface area contributed by atoms with E-state index in [2.05, 4.69) is 9.97 Å². The van der Waals surface area contributed by atoms with E-state index in [0.29, 0.717) is 29.6 Å². The molecule has 0 fully saturated rings. The second kappa shape index (κ2) is 11.2. The number of hydrogen-bond acceptors (Lipinski definition) is 6. The summed E-state index contributed by atoms with van der Waals surface area (Å²) in [5, 5.41) is 9.63. The van der Waals surface area contributed by atoms with Crippen LogP contribution in [0.4, 0.5) is 0 Å². The number of aromatic nitrogens is 2. The molecule has 0 aliphatic rings. The number of benzene rings is 2. The second-order valence-corrected chi connectivity index (χ2v) is 8.16. The normalized spacial score (nSPS) is 10.5. The minimum Gasteiger partial charge on any atom is -0.485 e. The third kappa shape index (κ3) is 6.33. The van der Waals surface area contributed by atoms with E-state index in [1.54, 1.807) is 12.4 Å². The van der Waals surface area contributed by atoms with Crippen molar-refractivity contribution in [1.29, 1.82) is 0 Å². The smallest absolute Gasteiger partial charge is 0.354 e. The Morgan fingerprint density at radius 1 is 0.848 bits per heavy atom. The van der Waals surface area contributed by atoms with Crippen molar-refractivity contribution in [3.05, 3.63) is 114 Å². The first-order valence-corrected chi connectivity index (χ1v) is 11.3. The summed E-state index contributed by atoms with van der Waals surface area (Å²) >= 11 is 1.52. The summed E-state index contributed by atoms with van der Waals surface area (Å²) in [4.78, 5) is 21.2. The lowest BCUT2D eigenvalue weighted by Crippen LogP contribution is -2.09. The van der Waals surface area contributed by atoms with Crippen LogP contribution in [-0.4, -0.2) is 21.0 Å². The van der Waals surface area contributed by atoms with Gasteiger partial charge in [0, 0.05) is 29.1 Å². The van der Waals surface area contributed by atoms with Crippen molar-refractivity contribution in [1.82, 2.24) is 9.97 Å². The molecule has 2 aromatic carbocycles. The minimum atomic E-state index is -1.12. The summed E-state index contributed by atoms with van der Waals surface area (Å²) in [6.07, 6.45) is 3.43. The molecule has 0 spiro atoms. The predicted octanol–water partition coefficient (Wildman–Crippen LogP) is 5.63. The van der Waals surface area contributed by atoms with E-state index in [1.165, 1.54) is 17.8 Å². The Morgan fingerprint density at radius 2 is 1.45 bits per heavy atom. The van der Waals surface area contributed by atoms with Gasteiger partial charge < -0.3 is 14.6 Å². The van der Waals surface area contributed by atoms with Crippen molar-refractivity contribution in [3.8, 4) is 11.5 Å². The number of carboxylic acid groups (broad SMARTS) is 1. The Bertz CT molecular complexity index is 1120. The quantitative estimate of drug-likeness (QED) is 0.309. The van der Waals surface area contributed by atoms with E-state index in [9.17, 15) is 9.90 Å². The Kier molecular flexibility index (Phi) is 7.56. The molecule has 4 aromatic rings. The Labute approximate surface area is 196 Å². The molecule has 0 amide bonds. The molecule has 33 heavy (non-hydrogen) atoms. The number of carboxylic acids is 1. The fourth-order valence-corrected chi connectivity index (χ4v) is 3.89. The largest absolute Gasteiger partial charge is 0.485 e. The van der Waals surface area contributed by atoms with Crippen molar-refractivity contribution >= 4 is 17.7 Å². The van der Waals surface area contributed by atoms with Gasteiger partial charge in [0.05, 0.1) is 5.69 Å². The Balaban J connectivity index is 1.65. The standard InChI is InChI=1S/C26H22N2O4S/c29-26(30)22-15-24(31-16-19-7-3-1-4-8-19)25(32-17-20-9-5-2-6-10-20)23(28-22)18-33-21-11-13-27-14-12-21/h1-15H,16-18H2,(H,29,30). The number of aromatic carboxylic acids is 1. The second-order valence-electron chi connectivity index (χ2n) is 7.11. The average molecular weight is 459 g/mol. The number of hydrogen-bond donors (Lipinski definition) is 1. The van der Waals surface area contributed by atoms with Crippen LogP contribution < -0.4 is 9.47 Å². The number of pyridine rings is 2. The van der Waals surface area contributed by atoms with Crippen LogP contribution in [0.25, 0.3) is 0 Å². The van der Waals surface area contributed by atoms with Gasteiger partial charge in [-0.2, -0.15) is 0 Å². The van der Waals surface area contributed by atoms with Crippen LogP contribution in [0.3, 0.4) is 0 Å². The molecule has 0 unspecified atom stereocenters. The number of carbonyl (C=O) groups is 1. The highest BCUT2D eigenvalue weighted by Gasteiger charge is 2.19. The Morgan fingerprint density at radius 3 is 2.06 bits per heavy atom. The van der Waals surface area contributed by atoms with Crippen molar-refractivity contribution in [2.75, 3.05) is 0 Å². The zero-order chi connectivity index (χ0) is 22.9. The molecular weight excluding hydrogens is 436 g/mol. The van der Waals surface area contributed by atoms with Gasteiger partial charge in [-0.05, 0) is 23.3 Å². The lowest BCUT2D eigenvalue weighted by Gasteiger charge is -2.17. The molecule has 7 heteroatoms. The van der Waals surface area contributed by atoms with Crippen LogP contribution in [-0.2, 0) is 19.0 Å². The van der Waals surface area contributed by atoms with Gasteiger partial charge in [0.2, 0.25) is 0 Å². The van der Waals surface area contributed by atoms with Crippen LogP contribution in [0.5, 0.6) is 11.5 Å². The summed E-state index contributed by atoms with van der Waals surface area (Å²) in [6, 6.07) is 24.7. The molecule has 6 nitrogen and oxygen atoms in total. The van der Waals surface area contributed by atoms with Gasteiger partial charge in [-0.25, -0.2) is 9.78 Å². The monoisotopic (exact) mass is 458 g/mol. The van der Waals surface area contributed by atoms with E-state index >= 15 is 0 Å². The van der Waals surface area contributed by atoms with Gasteiger partial charge in [-0.15, -0.1) is 11.8 Å². The van der Waals surface area contributed by atoms with Gasteiger partial charge in [0.15, 0.2) is 17.2 Å². The summed E-state index contributed by atoms with van der Waals surface area (Å²) in [5.41, 5.74) is 2.38. The SMILES string of the molecule is O=C(O)c1cc(OCc2ccccc2)c(OCc2ccccc2)c(CSc2ccncc2)n1. The van der Waals surface area contributed by atoms with Gasteiger partial charge in [-0.3, -0.25) is 4.98 Å². The molecular formula is C26H22N2O4S. The maximum absolute atomic E-state index is 11.8. The summed E-state index contributed by atoms with van der Waals surface area (Å²) in [7, 11) is 0. The highest BCUT2D eigenvalue weighted by molar-refractivity contribution is 7.98. The molecule has 166 valence electrons. The molecule has 0 radical (unpaired) electrons. The molecule has 0 aliphatic carbocycles. The number of nitrogens with zero attached hydrogens (tertiary/aromatic N) is 2. The van der Waals surface area contributed by atoms with Gasteiger partial charge in [0.1, 0.15) is 13.2 Å². The van der Waals surface area contributed by atoms with Gasteiger partial charge >= 0.3 is 5.97 Å². The number of ether oxygens (including phenoxy) is 2. The fourth-order valence-electron chi connectivity index (χ4n) is 3.08. The van der Waals surface area contributed by atoms with Crippen molar-refractivity contribution in [2.45, 2.75) is 23.9 Å². The van der Waals surface area contributed by atoms with Gasteiger partial charge in [0.25, 0.3) is 0 Å². The molecule has 4 rings (SSSR count). The predicted molar refractivity (Wildman–Crippen MR) is 127 cm³/mol. The summed E-state index contributed by atoms with van der Waals surface area (Å²) in [5.74, 6) is 0.0925. The summed E-state index contributed by atoms with van der Waals surface area (Å²) in [6.45, 7) is 0.589. The maximum atomic E-state index is 11.8. The zero-order valence-corrected chi connectivity index (χ0v) is 18.6. The fraction of sp³-hybridized carbons (Fsp3) is 0.115. The highest BCUT2D eigenvalue weighted by Crippen LogP contribution is 2.36. The number of rotatable bonds is 10. The number of thioether (sulfide) groups is 1. The third-order valence-electron chi connectivity index (χ3n) is 4.72. The first kappa shape index (κ1) is 22.4. The van der Waals surface area contributed by atoms with E-state index in [-0.39, 0.29) is 12.3 Å². The molecule has 0 saturated heterocycles. The molecule has 0 atom stereocenters. The molecule has 0 bridgehead atoms. The van der Waals surface area contributed by atoms with Gasteiger partial charge in [-0.1, -0.05) is 60.7 Å². The van der Waals surface area contributed by atoms with Crippen LogP contribution >= 0.6 is 11.8 Å². The van der Waals surface area contributed by atoms with E-state index in [1.807, 2.05) is 72.8 Å². The molecule has 2 aromatic heterocycles. The third-order valence-corrected chi connectivity index (χ3v) is 5.74. The van der Waals surface area contributed by atoms with E-state index in [0.717, 1.165) is 16.0 Å². The Hall–Kier alpha value is -3.84. The minimum absolute atomic E-state index is 0.0875. The maximum Gasteiger partial charge on any atom is 0.354 e. The summed E-state index contributed by atoms with van der Waals surface area (Å²) < 4.78 is 12.2. The first-order valence-electron chi connectivity index (χ1n) is 10.3. The van der Waals surface area contributed by atoms with Crippen molar-refractivity contribution in [3.63, 3.8) is 0 Å².